The van der Waals surface area contributed by atoms with E-state index in [1.54, 1.807) is 18.2 Å². The number of ketones is 1. The number of hydrogen-bond donors (Lipinski definition) is 0. The van der Waals surface area contributed by atoms with E-state index >= 15 is 0 Å². The Kier molecular flexibility index (Phi) is 4.22. The summed E-state index contributed by atoms with van der Waals surface area (Å²) in [5.41, 5.74) is 0.817. The van der Waals surface area contributed by atoms with Crippen LogP contribution in [0.5, 0.6) is 5.75 Å². The number of rotatable bonds is 3. The number of halogens is 3. The summed E-state index contributed by atoms with van der Waals surface area (Å²) >= 11 is 8.95. The molecule has 0 N–H and O–H groups in total. The molecule has 0 aliphatic rings. The lowest BCUT2D eigenvalue weighted by atomic mass is 10.0. The number of carbonyl (C=O) groups is 1. The van der Waals surface area contributed by atoms with Crippen LogP contribution >= 0.6 is 27.5 Å². The van der Waals surface area contributed by atoms with Gasteiger partial charge in [-0.2, -0.15) is 0 Å². The highest BCUT2D eigenvalue weighted by Gasteiger charge is 2.13. The Labute approximate surface area is 123 Å². The van der Waals surface area contributed by atoms with Crippen molar-refractivity contribution in [3.8, 4) is 5.75 Å². The van der Waals surface area contributed by atoms with Crippen LogP contribution in [0.2, 0.25) is 5.02 Å². The van der Waals surface area contributed by atoms with Crippen molar-refractivity contribution in [2.24, 2.45) is 0 Å². The largest absolute Gasteiger partial charge is 0.495 e. The lowest BCUT2D eigenvalue weighted by Crippen LogP contribution is -2.02. The van der Waals surface area contributed by atoms with Gasteiger partial charge in [0.1, 0.15) is 11.6 Å². The molecule has 2 aromatic carbocycles. The van der Waals surface area contributed by atoms with Gasteiger partial charge in [0.2, 0.25) is 0 Å². The van der Waals surface area contributed by atoms with Gasteiger partial charge >= 0.3 is 0 Å². The maximum atomic E-state index is 13.1. The number of hydrogen-bond acceptors (Lipinski definition) is 2. The predicted octanol–water partition coefficient (Wildman–Crippen LogP) is 4.48. The Balaban J connectivity index is 2.41. The van der Waals surface area contributed by atoms with Crippen LogP contribution in [-0.2, 0) is 0 Å². The standard InChI is InChI=1S/C14H9BrClFO2/c1-19-13-7-9(2-4-11(13)16)14(18)8-3-5-12(17)10(15)6-8/h2-7H,1H3. The number of carbonyl (C=O) groups excluding carboxylic acids is 1. The second-order valence-corrected chi connectivity index (χ2v) is 5.07. The maximum Gasteiger partial charge on any atom is 0.193 e. The van der Waals surface area contributed by atoms with Gasteiger partial charge in [-0.3, -0.25) is 4.79 Å². The fourth-order valence-electron chi connectivity index (χ4n) is 1.61. The first-order valence-electron chi connectivity index (χ1n) is 5.36. The molecule has 0 aliphatic heterocycles. The van der Waals surface area contributed by atoms with Crippen LogP contribution in [0.15, 0.2) is 40.9 Å². The molecule has 0 atom stereocenters. The first-order valence-corrected chi connectivity index (χ1v) is 6.53. The van der Waals surface area contributed by atoms with E-state index in [-0.39, 0.29) is 10.3 Å². The molecular formula is C14H9BrClFO2. The third kappa shape index (κ3) is 2.96. The Morgan fingerprint density at radius 2 is 1.84 bits per heavy atom. The van der Waals surface area contributed by atoms with E-state index in [2.05, 4.69) is 15.9 Å². The van der Waals surface area contributed by atoms with Gasteiger partial charge in [-0.15, -0.1) is 0 Å². The topological polar surface area (TPSA) is 26.3 Å². The highest BCUT2D eigenvalue weighted by molar-refractivity contribution is 9.10. The lowest BCUT2D eigenvalue weighted by molar-refractivity contribution is 0.103. The average Bonchev–Trinajstić information content (AvgIpc) is 2.41. The molecule has 0 amide bonds. The van der Waals surface area contributed by atoms with Crippen molar-refractivity contribution in [2.45, 2.75) is 0 Å². The van der Waals surface area contributed by atoms with Gasteiger partial charge in [-0.1, -0.05) is 11.6 Å². The molecule has 2 rings (SSSR count). The van der Waals surface area contributed by atoms with E-state index < -0.39 is 5.82 Å². The second-order valence-electron chi connectivity index (χ2n) is 3.81. The molecule has 0 unspecified atom stereocenters. The summed E-state index contributed by atoms with van der Waals surface area (Å²) in [7, 11) is 1.48. The molecule has 0 fully saturated rings. The van der Waals surface area contributed by atoms with Crippen molar-refractivity contribution in [1.82, 2.24) is 0 Å². The minimum atomic E-state index is -0.412. The molecule has 0 aliphatic carbocycles. The fourth-order valence-corrected chi connectivity index (χ4v) is 2.18. The van der Waals surface area contributed by atoms with Crippen LogP contribution in [0.3, 0.4) is 0 Å². The molecule has 19 heavy (non-hydrogen) atoms. The Bertz CT molecular complexity index is 643. The molecule has 0 aromatic heterocycles. The minimum Gasteiger partial charge on any atom is -0.495 e. The zero-order chi connectivity index (χ0) is 14.0. The zero-order valence-electron chi connectivity index (χ0n) is 9.91. The second kappa shape index (κ2) is 5.72. The number of ether oxygens (including phenoxy) is 1. The Morgan fingerprint density at radius 1 is 1.21 bits per heavy atom. The van der Waals surface area contributed by atoms with E-state index in [1.807, 2.05) is 0 Å². The van der Waals surface area contributed by atoms with Gasteiger partial charge in [0.25, 0.3) is 0 Å². The van der Waals surface area contributed by atoms with Gasteiger partial charge in [-0.05, 0) is 52.3 Å². The van der Waals surface area contributed by atoms with Crippen molar-refractivity contribution in [3.05, 3.63) is 62.8 Å². The normalized spacial score (nSPS) is 10.3. The van der Waals surface area contributed by atoms with Crippen molar-refractivity contribution < 1.29 is 13.9 Å². The van der Waals surface area contributed by atoms with Gasteiger partial charge in [-0.25, -0.2) is 4.39 Å². The summed E-state index contributed by atoms with van der Waals surface area (Å²) in [4.78, 5) is 12.2. The molecule has 0 spiro atoms. The van der Waals surface area contributed by atoms with Crippen LogP contribution in [0.4, 0.5) is 4.39 Å². The molecule has 0 saturated heterocycles. The molecule has 2 aromatic rings. The van der Waals surface area contributed by atoms with E-state index in [0.717, 1.165) is 0 Å². The Hall–Kier alpha value is -1.39. The van der Waals surface area contributed by atoms with Crippen LogP contribution in [0, 0.1) is 5.82 Å². The van der Waals surface area contributed by atoms with Crippen LogP contribution in [0.25, 0.3) is 0 Å². The van der Waals surface area contributed by atoms with Crippen molar-refractivity contribution in [1.29, 1.82) is 0 Å². The van der Waals surface area contributed by atoms with Gasteiger partial charge in [0.05, 0.1) is 16.6 Å². The lowest BCUT2D eigenvalue weighted by Gasteiger charge is -2.06. The highest BCUT2D eigenvalue weighted by Crippen LogP contribution is 2.27. The number of methoxy groups -OCH3 is 1. The first-order chi connectivity index (χ1) is 9.02. The summed E-state index contributed by atoms with van der Waals surface area (Å²) < 4.78 is 18.5. The summed E-state index contributed by atoms with van der Waals surface area (Å²) in [5, 5.41) is 0.430. The third-order valence-corrected chi connectivity index (χ3v) is 3.52. The van der Waals surface area contributed by atoms with Crippen molar-refractivity contribution in [2.75, 3.05) is 7.11 Å². The van der Waals surface area contributed by atoms with E-state index in [9.17, 15) is 9.18 Å². The van der Waals surface area contributed by atoms with Gasteiger partial charge in [0, 0.05) is 11.1 Å². The third-order valence-electron chi connectivity index (χ3n) is 2.60. The maximum absolute atomic E-state index is 13.1. The SMILES string of the molecule is COc1cc(C(=O)c2ccc(F)c(Br)c2)ccc1Cl. The van der Waals surface area contributed by atoms with E-state index in [0.29, 0.717) is 21.9 Å². The fraction of sp³-hybridized carbons (Fsp3) is 0.0714. The highest BCUT2D eigenvalue weighted by atomic mass is 79.9. The summed E-state index contributed by atoms with van der Waals surface area (Å²) in [6, 6.07) is 8.87. The van der Waals surface area contributed by atoms with Crippen LogP contribution in [-0.4, -0.2) is 12.9 Å². The minimum absolute atomic E-state index is 0.226. The molecule has 98 valence electrons. The summed E-state index contributed by atoms with van der Waals surface area (Å²) in [6.07, 6.45) is 0. The number of benzene rings is 2. The molecule has 0 bridgehead atoms. The first kappa shape index (κ1) is 14.0. The predicted molar refractivity (Wildman–Crippen MR) is 75.5 cm³/mol. The molecule has 5 heteroatoms. The zero-order valence-corrected chi connectivity index (χ0v) is 12.3. The van der Waals surface area contributed by atoms with E-state index in [4.69, 9.17) is 16.3 Å². The average molecular weight is 344 g/mol. The smallest absolute Gasteiger partial charge is 0.193 e. The monoisotopic (exact) mass is 342 g/mol. The molecule has 0 saturated carbocycles. The summed E-state index contributed by atoms with van der Waals surface area (Å²) in [6.45, 7) is 0. The van der Waals surface area contributed by atoms with Gasteiger partial charge in [0.15, 0.2) is 5.78 Å². The summed E-state index contributed by atoms with van der Waals surface area (Å²) in [5.74, 6) is -0.213. The quantitative estimate of drug-likeness (QED) is 0.768. The molecular weight excluding hydrogens is 335 g/mol. The Morgan fingerprint density at radius 3 is 2.47 bits per heavy atom. The van der Waals surface area contributed by atoms with E-state index in [1.165, 1.54) is 25.3 Å². The van der Waals surface area contributed by atoms with Crippen molar-refractivity contribution >= 4 is 33.3 Å². The molecule has 0 radical (unpaired) electrons. The van der Waals surface area contributed by atoms with Gasteiger partial charge < -0.3 is 4.74 Å². The van der Waals surface area contributed by atoms with Crippen molar-refractivity contribution in [3.63, 3.8) is 0 Å². The van der Waals surface area contributed by atoms with Crippen LogP contribution < -0.4 is 4.74 Å². The molecule has 2 nitrogen and oxygen atoms in total. The molecule has 0 heterocycles. The van der Waals surface area contributed by atoms with Crippen LogP contribution in [0.1, 0.15) is 15.9 Å².